The second-order valence-electron chi connectivity index (χ2n) is 6.04. The van der Waals surface area contributed by atoms with Gasteiger partial charge in [0.1, 0.15) is 6.04 Å². The zero-order valence-electron chi connectivity index (χ0n) is 14.7. The Morgan fingerprint density at radius 1 is 1.04 bits per heavy atom. The van der Waals surface area contributed by atoms with Crippen LogP contribution in [0.2, 0.25) is 0 Å². The second kappa shape index (κ2) is 8.68. The SMILES string of the molecule is C[C@H](NOCc1ccccc1)C(=O)OP(=O)(Cl)c1ccc2ccccc2c1. The Kier molecular flexibility index (Phi) is 6.30. The number of rotatable bonds is 7. The van der Waals surface area contributed by atoms with E-state index in [1.807, 2.05) is 54.6 Å². The summed E-state index contributed by atoms with van der Waals surface area (Å²) in [5.74, 6) is -0.755. The molecule has 0 bridgehead atoms. The van der Waals surface area contributed by atoms with E-state index in [1.54, 1.807) is 25.1 Å². The van der Waals surface area contributed by atoms with Gasteiger partial charge in [-0.3, -0.25) is 9.40 Å². The molecule has 0 fully saturated rings. The molecular weight excluding hydrogens is 385 g/mol. The van der Waals surface area contributed by atoms with Crippen LogP contribution in [-0.2, 0) is 25.3 Å². The minimum absolute atomic E-state index is 0.272. The first-order chi connectivity index (χ1) is 13.0. The molecular formula is C20H19ClNO4P. The van der Waals surface area contributed by atoms with Crippen molar-refractivity contribution in [1.82, 2.24) is 5.48 Å². The normalized spacial score (nSPS) is 14.4. The number of nitrogens with one attached hydrogen (secondary N) is 1. The van der Waals surface area contributed by atoms with E-state index in [1.165, 1.54) is 0 Å². The maximum Gasteiger partial charge on any atom is 0.368 e. The molecule has 3 rings (SSSR count). The highest BCUT2D eigenvalue weighted by atomic mass is 35.7. The molecule has 0 spiro atoms. The first-order valence-corrected chi connectivity index (χ1v) is 10.9. The van der Waals surface area contributed by atoms with Gasteiger partial charge in [0.25, 0.3) is 0 Å². The van der Waals surface area contributed by atoms with Gasteiger partial charge in [-0.15, -0.1) is 0 Å². The molecule has 2 atom stereocenters. The fourth-order valence-electron chi connectivity index (χ4n) is 2.46. The van der Waals surface area contributed by atoms with Crippen molar-refractivity contribution in [3.05, 3.63) is 78.4 Å². The molecule has 0 saturated heterocycles. The van der Waals surface area contributed by atoms with Crippen LogP contribution < -0.4 is 10.8 Å². The van der Waals surface area contributed by atoms with E-state index in [2.05, 4.69) is 5.48 Å². The summed E-state index contributed by atoms with van der Waals surface area (Å²) in [6.07, 6.45) is 0. The third-order valence-corrected chi connectivity index (χ3v) is 6.05. The van der Waals surface area contributed by atoms with E-state index < -0.39 is 18.7 Å². The van der Waals surface area contributed by atoms with E-state index in [-0.39, 0.29) is 11.9 Å². The average molecular weight is 404 g/mol. The summed E-state index contributed by atoms with van der Waals surface area (Å²) in [5, 5.41) is 2.12. The van der Waals surface area contributed by atoms with Crippen LogP contribution >= 0.6 is 18.0 Å². The standard InChI is InChI=1S/C20H19ClNO4P/c1-15(22-25-14-16-7-3-2-4-8-16)20(23)26-27(21,24)19-12-11-17-9-5-6-10-18(17)13-19/h2-13,15,22H,14H2,1H3/t15-,27?/m0/s1. The number of hydrogen-bond acceptors (Lipinski definition) is 5. The number of halogens is 1. The van der Waals surface area contributed by atoms with Gasteiger partial charge in [-0.1, -0.05) is 60.7 Å². The summed E-state index contributed by atoms with van der Waals surface area (Å²) in [6.45, 7) is -2.00. The number of benzene rings is 3. The average Bonchev–Trinajstić information content (AvgIpc) is 2.68. The summed E-state index contributed by atoms with van der Waals surface area (Å²) < 4.78 is 17.8. The molecule has 7 heteroatoms. The van der Waals surface area contributed by atoms with Crippen LogP contribution in [0.15, 0.2) is 72.8 Å². The van der Waals surface area contributed by atoms with Gasteiger partial charge in [-0.25, -0.2) is 4.79 Å². The fourth-order valence-corrected chi connectivity index (χ4v) is 4.02. The van der Waals surface area contributed by atoms with Crippen LogP contribution in [0.4, 0.5) is 0 Å². The Morgan fingerprint density at radius 3 is 2.44 bits per heavy atom. The van der Waals surface area contributed by atoms with Crippen LogP contribution in [0, 0.1) is 0 Å². The molecule has 0 saturated carbocycles. The predicted molar refractivity (Wildman–Crippen MR) is 107 cm³/mol. The predicted octanol–water partition coefficient (Wildman–Crippen LogP) is 4.55. The fraction of sp³-hybridized carbons (Fsp3) is 0.150. The summed E-state index contributed by atoms with van der Waals surface area (Å²) >= 11 is 6.07. The van der Waals surface area contributed by atoms with E-state index in [9.17, 15) is 9.36 Å². The smallest absolute Gasteiger partial charge is 0.368 e. The van der Waals surface area contributed by atoms with Gasteiger partial charge in [-0.05, 0) is 46.6 Å². The van der Waals surface area contributed by atoms with Crippen molar-refractivity contribution >= 4 is 40.0 Å². The van der Waals surface area contributed by atoms with Crippen LogP contribution in [-0.4, -0.2) is 12.0 Å². The van der Waals surface area contributed by atoms with E-state index >= 15 is 0 Å². The molecule has 140 valence electrons. The van der Waals surface area contributed by atoms with Gasteiger partial charge in [0.15, 0.2) is 0 Å². The first kappa shape index (κ1) is 19.6. The van der Waals surface area contributed by atoms with E-state index in [0.29, 0.717) is 0 Å². The highest BCUT2D eigenvalue weighted by Gasteiger charge is 2.30. The molecule has 27 heavy (non-hydrogen) atoms. The molecule has 1 N–H and O–H groups in total. The molecule has 0 aromatic heterocycles. The van der Waals surface area contributed by atoms with Crippen molar-refractivity contribution in [2.75, 3.05) is 0 Å². The Morgan fingerprint density at radius 2 is 1.70 bits per heavy atom. The van der Waals surface area contributed by atoms with Gasteiger partial charge < -0.3 is 4.52 Å². The van der Waals surface area contributed by atoms with Gasteiger partial charge in [0, 0.05) is 0 Å². The second-order valence-corrected chi connectivity index (χ2v) is 9.03. The number of carbonyl (C=O) groups excluding carboxylic acids is 1. The maximum atomic E-state index is 12.7. The third-order valence-electron chi connectivity index (χ3n) is 3.94. The van der Waals surface area contributed by atoms with Crippen molar-refractivity contribution in [2.45, 2.75) is 19.6 Å². The van der Waals surface area contributed by atoms with Gasteiger partial charge in [0.05, 0.1) is 11.9 Å². The summed E-state index contributed by atoms with van der Waals surface area (Å²) in [4.78, 5) is 17.5. The van der Waals surface area contributed by atoms with Gasteiger partial charge >= 0.3 is 12.7 Å². The number of hydrogen-bond donors (Lipinski definition) is 1. The lowest BCUT2D eigenvalue weighted by Gasteiger charge is -2.17. The summed E-state index contributed by atoms with van der Waals surface area (Å²) in [7, 11) is 0. The molecule has 0 aliphatic carbocycles. The van der Waals surface area contributed by atoms with Crippen LogP contribution in [0.25, 0.3) is 10.8 Å². The van der Waals surface area contributed by atoms with Crippen molar-refractivity contribution < 1.29 is 18.7 Å². The Bertz CT molecular complexity index is 980. The molecule has 5 nitrogen and oxygen atoms in total. The zero-order chi connectivity index (χ0) is 19.3. The summed E-state index contributed by atoms with van der Waals surface area (Å²) in [5.41, 5.74) is 3.53. The minimum Gasteiger partial charge on any atom is -0.396 e. The lowest BCUT2D eigenvalue weighted by molar-refractivity contribution is -0.140. The van der Waals surface area contributed by atoms with Crippen LogP contribution in [0.3, 0.4) is 0 Å². The summed E-state index contributed by atoms with van der Waals surface area (Å²) in [6, 6.07) is 21.3. The van der Waals surface area contributed by atoms with Gasteiger partial charge in [0.2, 0.25) is 0 Å². The van der Waals surface area contributed by atoms with Crippen LogP contribution in [0.5, 0.6) is 0 Å². The van der Waals surface area contributed by atoms with Crippen molar-refractivity contribution in [3.63, 3.8) is 0 Å². The monoisotopic (exact) mass is 403 g/mol. The third kappa shape index (κ3) is 5.18. The lowest BCUT2D eigenvalue weighted by atomic mass is 10.1. The minimum atomic E-state index is -3.82. The lowest BCUT2D eigenvalue weighted by Crippen LogP contribution is -2.35. The maximum absolute atomic E-state index is 12.7. The molecule has 3 aromatic carbocycles. The number of fused-ring (bicyclic) bond motifs is 1. The van der Waals surface area contributed by atoms with Crippen molar-refractivity contribution in [2.24, 2.45) is 0 Å². The van der Waals surface area contributed by atoms with Crippen molar-refractivity contribution in [1.29, 1.82) is 0 Å². The van der Waals surface area contributed by atoms with E-state index in [4.69, 9.17) is 20.6 Å². The highest BCUT2D eigenvalue weighted by Crippen LogP contribution is 2.51. The molecule has 1 unspecified atom stereocenters. The first-order valence-electron chi connectivity index (χ1n) is 8.39. The Balaban J connectivity index is 1.59. The molecule has 3 aromatic rings. The molecule has 0 aliphatic rings. The topological polar surface area (TPSA) is 64.6 Å². The zero-order valence-corrected chi connectivity index (χ0v) is 16.3. The number of carbonyl (C=O) groups is 1. The molecule has 0 amide bonds. The molecule has 0 heterocycles. The molecule has 0 aliphatic heterocycles. The molecule has 0 radical (unpaired) electrons. The van der Waals surface area contributed by atoms with E-state index in [0.717, 1.165) is 16.3 Å². The largest absolute Gasteiger partial charge is 0.396 e. The Labute approximate surface area is 162 Å². The van der Waals surface area contributed by atoms with Crippen LogP contribution in [0.1, 0.15) is 12.5 Å². The Hall–Kier alpha value is -2.17. The van der Waals surface area contributed by atoms with Crippen molar-refractivity contribution in [3.8, 4) is 0 Å². The van der Waals surface area contributed by atoms with Gasteiger partial charge in [-0.2, -0.15) is 5.48 Å². The quantitative estimate of drug-likeness (QED) is 0.463. The number of hydroxylamine groups is 1. The highest BCUT2D eigenvalue weighted by molar-refractivity contribution is 7.91.